The molecular formula is C7H8BN3O3. The number of azide groups is 1. The first kappa shape index (κ1) is 10.4. The van der Waals surface area contributed by atoms with Crippen LogP contribution in [-0.2, 0) is 6.54 Å². The van der Waals surface area contributed by atoms with Crippen molar-refractivity contribution in [1.29, 1.82) is 0 Å². The Morgan fingerprint density at radius 2 is 2.00 bits per heavy atom. The molecule has 14 heavy (non-hydrogen) atoms. The van der Waals surface area contributed by atoms with Gasteiger partial charge in [0, 0.05) is 4.91 Å². The van der Waals surface area contributed by atoms with Crippen LogP contribution in [0.15, 0.2) is 29.4 Å². The zero-order chi connectivity index (χ0) is 10.4. The third kappa shape index (κ3) is 3.36. The van der Waals surface area contributed by atoms with E-state index in [-0.39, 0.29) is 6.54 Å². The van der Waals surface area contributed by atoms with Gasteiger partial charge in [-0.3, -0.25) is 0 Å². The summed E-state index contributed by atoms with van der Waals surface area (Å²) in [5, 5.41) is 20.3. The van der Waals surface area contributed by atoms with Crippen LogP contribution in [0, 0.1) is 0 Å². The van der Waals surface area contributed by atoms with Gasteiger partial charge in [-0.15, -0.1) is 0 Å². The Kier molecular flexibility index (Phi) is 3.81. The maximum atomic E-state index is 8.48. The van der Waals surface area contributed by atoms with Gasteiger partial charge in [0.25, 0.3) is 0 Å². The Morgan fingerprint density at radius 3 is 2.50 bits per heavy atom. The lowest BCUT2D eigenvalue weighted by Crippen LogP contribution is -2.20. The molecule has 0 radical (unpaired) electrons. The summed E-state index contributed by atoms with van der Waals surface area (Å²) in [6.45, 7) is 0.262. The van der Waals surface area contributed by atoms with E-state index < -0.39 is 7.32 Å². The van der Waals surface area contributed by atoms with Crippen molar-refractivity contribution in [3.63, 3.8) is 0 Å². The highest BCUT2D eigenvalue weighted by atomic mass is 16.6. The molecule has 0 unspecified atom stereocenters. The van der Waals surface area contributed by atoms with Gasteiger partial charge in [0.1, 0.15) is 5.75 Å². The molecule has 72 valence electrons. The van der Waals surface area contributed by atoms with Gasteiger partial charge < -0.3 is 14.7 Å². The molecule has 6 nitrogen and oxygen atoms in total. The van der Waals surface area contributed by atoms with Gasteiger partial charge in [-0.05, 0) is 23.2 Å². The van der Waals surface area contributed by atoms with Crippen molar-refractivity contribution in [2.24, 2.45) is 5.11 Å². The zero-order valence-electron chi connectivity index (χ0n) is 7.24. The second kappa shape index (κ2) is 5.13. The van der Waals surface area contributed by atoms with Crippen molar-refractivity contribution >= 4 is 7.32 Å². The van der Waals surface area contributed by atoms with Crippen LogP contribution in [0.1, 0.15) is 5.56 Å². The first-order valence-corrected chi connectivity index (χ1v) is 3.85. The average Bonchev–Trinajstić information content (AvgIpc) is 2.16. The predicted octanol–water partition coefficient (Wildman–Crippen LogP) is 0.845. The van der Waals surface area contributed by atoms with Crippen molar-refractivity contribution in [2.75, 3.05) is 0 Å². The van der Waals surface area contributed by atoms with E-state index in [4.69, 9.17) is 15.6 Å². The summed E-state index contributed by atoms with van der Waals surface area (Å²) in [5.41, 5.74) is 8.89. The molecule has 0 aliphatic heterocycles. The molecule has 0 saturated carbocycles. The summed E-state index contributed by atoms with van der Waals surface area (Å²) in [6, 6.07) is 6.46. The molecule has 0 aliphatic carbocycles. The monoisotopic (exact) mass is 193 g/mol. The van der Waals surface area contributed by atoms with Gasteiger partial charge in [0.2, 0.25) is 0 Å². The molecule has 0 fully saturated rings. The summed E-state index contributed by atoms with van der Waals surface area (Å²) < 4.78 is 4.58. The third-order valence-electron chi connectivity index (χ3n) is 1.48. The lowest BCUT2D eigenvalue weighted by atomic mass is 10.2. The fourth-order valence-electron chi connectivity index (χ4n) is 0.908. The highest BCUT2D eigenvalue weighted by Gasteiger charge is 2.10. The van der Waals surface area contributed by atoms with Crippen molar-refractivity contribution in [3.8, 4) is 5.75 Å². The molecule has 0 aliphatic rings. The fourth-order valence-corrected chi connectivity index (χ4v) is 0.908. The average molecular weight is 193 g/mol. The first-order chi connectivity index (χ1) is 6.72. The molecule has 1 aromatic rings. The molecule has 0 bridgehead atoms. The molecule has 0 amide bonds. The number of nitrogens with zero attached hydrogens (tertiary/aromatic N) is 3. The Morgan fingerprint density at radius 1 is 1.36 bits per heavy atom. The van der Waals surface area contributed by atoms with E-state index in [0.717, 1.165) is 5.56 Å². The molecule has 0 spiro atoms. The molecule has 0 heterocycles. The standard InChI is InChI=1S/C7H8BN3O3/c9-11-10-5-6-1-3-7(4-2-6)14-8(12)13/h1-4,12-13H,5H2. The van der Waals surface area contributed by atoms with E-state index in [0.29, 0.717) is 5.75 Å². The van der Waals surface area contributed by atoms with Crippen LogP contribution >= 0.6 is 0 Å². The molecule has 1 rings (SSSR count). The minimum atomic E-state index is -1.82. The maximum absolute atomic E-state index is 8.48. The maximum Gasteiger partial charge on any atom is 0.707 e. The van der Waals surface area contributed by atoms with Gasteiger partial charge in [-0.2, -0.15) is 0 Å². The normalized spacial score (nSPS) is 9.00. The van der Waals surface area contributed by atoms with Gasteiger partial charge in [-0.1, -0.05) is 17.2 Å². The van der Waals surface area contributed by atoms with E-state index in [1.807, 2.05) is 0 Å². The summed E-state index contributed by atoms with van der Waals surface area (Å²) in [4.78, 5) is 2.62. The van der Waals surface area contributed by atoms with E-state index in [9.17, 15) is 0 Å². The largest absolute Gasteiger partial charge is 0.707 e. The van der Waals surface area contributed by atoms with Gasteiger partial charge in [0.15, 0.2) is 0 Å². The summed E-state index contributed by atoms with van der Waals surface area (Å²) in [7, 11) is -1.82. The van der Waals surface area contributed by atoms with E-state index in [2.05, 4.69) is 14.7 Å². The van der Waals surface area contributed by atoms with Crippen molar-refractivity contribution in [2.45, 2.75) is 6.54 Å². The topological polar surface area (TPSA) is 98.5 Å². The number of benzene rings is 1. The summed E-state index contributed by atoms with van der Waals surface area (Å²) in [6.07, 6.45) is 0. The summed E-state index contributed by atoms with van der Waals surface area (Å²) >= 11 is 0. The number of hydrogen-bond donors (Lipinski definition) is 2. The number of rotatable bonds is 4. The Bertz CT molecular complexity index is 335. The smallest absolute Gasteiger partial charge is 0.512 e. The van der Waals surface area contributed by atoms with Crippen molar-refractivity contribution in [3.05, 3.63) is 40.3 Å². The second-order valence-electron chi connectivity index (χ2n) is 2.48. The Hall–Kier alpha value is -1.69. The molecule has 2 N–H and O–H groups in total. The molecule has 0 saturated heterocycles. The lowest BCUT2D eigenvalue weighted by Gasteiger charge is -2.04. The van der Waals surface area contributed by atoms with Crippen LogP contribution in [0.5, 0.6) is 5.75 Å². The number of hydrogen-bond acceptors (Lipinski definition) is 4. The molecule has 1 aromatic carbocycles. The lowest BCUT2D eigenvalue weighted by molar-refractivity contribution is 0.288. The highest BCUT2D eigenvalue weighted by molar-refractivity contribution is 6.33. The second-order valence-corrected chi connectivity index (χ2v) is 2.48. The zero-order valence-corrected chi connectivity index (χ0v) is 7.24. The SMILES string of the molecule is [N-]=[N+]=NCc1ccc(OB(O)O)cc1. The highest BCUT2D eigenvalue weighted by Crippen LogP contribution is 2.12. The van der Waals surface area contributed by atoms with Gasteiger partial charge in [0.05, 0.1) is 6.54 Å². The summed E-state index contributed by atoms with van der Waals surface area (Å²) in [5.74, 6) is 0.338. The molecular weight excluding hydrogens is 185 g/mol. The van der Waals surface area contributed by atoms with Crippen LogP contribution in [0.2, 0.25) is 0 Å². The molecule has 0 atom stereocenters. The Balaban J connectivity index is 2.63. The minimum absolute atomic E-state index is 0.262. The van der Waals surface area contributed by atoms with Crippen LogP contribution < -0.4 is 4.65 Å². The first-order valence-electron chi connectivity index (χ1n) is 3.85. The van der Waals surface area contributed by atoms with Crippen molar-refractivity contribution in [1.82, 2.24) is 0 Å². The quantitative estimate of drug-likeness (QED) is 0.320. The van der Waals surface area contributed by atoms with E-state index in [1.165, 1.54) is 0 Å². The molecule has 7 heteroatoms. The van der Waals surface area contributed by atoms with Crippen LogP contribution in [0.3, 0.4) is 0 Å². The molecule has 0 aromatic heterocycles. The van der Waals surface area contributed by atoms with Crippen LogP contribution in [-0.4, -0.2) is 17.4 Å². The van der Waals surface area contributed by atoms with Crippen molar-refractivity contribution < 1.29 is 14.7 Å². The van der Waals surface area contributed by atoms with Gasteiger partial charge in [-0.25, -0.2) is 0 Å². The minimum Gasteiger partial charge on any atom is -0.512 e. The van der Waals surface area contributed by atoms with E-state index in [1.54, 1.807) is 24.3 Å². The van der Waals surface area contributed by atoms with E-state index >= 15 is 0 Å². The Labute approximate surface area is 80.6 Å². The third-order valence-corrected chi connectivity index (χ3v) is 1.48. The van der Waals surface area contributed by atoms with Crippen LogP contribution in [0.25, 0.3) is 10.4 Å². The predicted molar refractivity (Wildman–Crippen MR) is 50.1 cm³/mol. The van der Waals surface area contributed by atoms with Crippen LogP contribution in [0.4, 0.5) is 0 Å². The van der Waals surface area contributed by atoms with Gasteiger partial charge >= 0.3 is 7.32 Å². The fraction of sp³-hybridized carbons (Fsp3) is 0.143.